The highest BCUT2D eigenvalue weighted by molar-refractivity contribution is 6.30. The molecule has 1 aromatic rings. The Balaban J connectivity index is 3.69. The van der Waals surface area contributed by atoms with Crippen LogP contribution >= 0.6 is 11.6 Å². The van der Waals surface area contributed by atoms with Gasteiger partial charge in [-0.2, -0.15) is 10.3 Å². The molecule has 0 aliphatic carbocycles. The topological polar surface area (TPSA) is 118 Å². The lowest BCUT2D eigenvalue weighted by Crippen LogP contribution is -2.62. The van der Waals surface area contributed by atoms with Crippen LogP contribution < -0.4 is 5.43 Å². The molecule has 0 heterocycles. The molecule has 0 saturated carbocycles. The zero-order valence-electron chi connectivity index (χ0n) is 15.5. The van der Waals surface area contributed by atoms with Crippen LogP contribution in [0.4, 0.5) is 9.59 Å². The summed E-state index contributed by atoms with van der Waals surface area (Å²) in [6.45, 7) is 4.77. The standard InChI is InChI=1S/C17H20ClN3O6/c1-16(2,3)27-13(22)17(10-19,11-6-8-12(18)9-7-11)21(15(24)26-5)20-14(23)25-4/h6-9H,1-5H3,(H,20,23)/t17-/m0/s1. The van der Waals surface area contributed by atoms with Crippen LogP contribution in [0.15, 0.2) is 24.3 Å². The SMILES string of the molecule is COC(=O)NN(C(=O)OC)[C@](C#N)(C(=O)OC(C)(C)C)c1ccc(Cl)cc1. The minimum atomic E-state index is -2.40. The van der Waals surface area contributed by atoms with Crippen LogP contribution in [-0.2, 0) is 24.5 Å². The van der Waals surface area contributed by atoms with Gasteiger partial charge in [0.05, 0.1) is 14.2 Å². The molecule has 1 aromatic carbocycles. The fraction of sp³-hybridized carbons (Fsp3) is 0.412. The molecule has 146 valence electrons. The summed E-state index contributed by atoms with van der Waals surface area (Å²) in [6, 6.07) is 7.29. The van der Waals surface area contributed by atoms with Gasteiger partial charge in [-0.05, 0) is 32.9 Å². The molecule has 0 unspecified atom stereocenters. The molecule has 10 heteroatoms. The van der Waals surface area contributed by atoms with E-state index in [4.69, 9.17) is 16.3 Å². The monoisotopic (exact) mass is 397 g/mol. The highest BCUT2D eigenvalue weighted by atomic mass is 35.5. The lowest BCUT2D eigenvalue weighted by Gasteiger charge is -2.36. The number of hydrogen-bond acceptors (Lipinski definition) is 7. The van der Waals surface area contributed by atoms with Crippen molar-refractivity contribution in [2.24, 2.45) is 0 Å². The molecule has 2 amide bonds. The number of nitrogens with zero attached hydrogens (tertiary/aromatic N) is 2. The zero-order chi connectivity index (χ0) is 20.8. The van der Waals surface area contributed by atoms with Crippen LogP contribution in [0.3, 0.4) is 0 Å². The number of ether oxygens (including phenoxy) is 3. The maximum Gasteiger partial charge on any atom is 0.430 e. The van der Waals surface area contributed by atoms with Gasteiger partial charge in [0.25, 0.3) is 5.54 Å². The van der Waals surface area contributed by atoms with Crippen molar-refractivity contribution in [3.63, 3.8) is 0 Å². The summed E-state index contributed by atoms with van der Waals surface area (Å²) in [5, 5.41) is 10.7. The Bertz CT molecular complexity index is 753. The molecule has 0 aliphatic heterocycles. The second-order valence-corrected chi connectivity index (χ2v) is 6.68. The first-order valence-corrected chi connectivity index (χ1v) is 8.03. The van der Waals surface area contributed by atoms with Crippen molar-refractivity contribution in [1.29, 1.82) is 5.26 Å². The zero-order valence-corrected chi connectivity index (χ0v) is 16.3. The van der Waals surface area contributed by atoms with Crippen molar-refractivity contribution in [1.82, 2.24) is 10.4 Å². The van der Waals surface area contributed by atoms with Crippen LogP contribution in [0, 0.1) is 11.3 Å². The van der Waals surface area contributed by atoms with Crippen molar-refractivity contribution in [3.05, 3.63) is 34.9 Å². The van der Waals surface area contributed by atoms with Crippen molar-refractivity contribution < 1.29 is 28.6 Å². The highest BCUT2D eigenvalue weighted by Crippen LogP contribution is 2.32. The largest absolute Gasteiger partial charge is 0.457 e. The van der Waals surface area contributed by atoms with Gasteiger partial charge in [-0.25, -0.2) is 19.8 Å². The Morgan fingerprint density at radius 2 is 1.67 bits per heavy atom. The Morgan fingerprint density at radius 3 is 2.07 bits per heavy atom. The lowest BCUT2D eigenvalue weighted by atomic mass is 9.90. The summed E-state index contributed by atoms with van der Waals surface area (Å²) < 4.78 is 14.4. The van der Waals surface area contributed by atoms with E-state index >= 15 is 0 Å². The minimum Gasteiger partial charge on any atom is -0.457 e. The first-order valence-electron chi connectivity index (χ1n) is 7.65. The predicted molar refractivity (Wildman–Crippen MR) is 94.4 cm³/mol. The predicted octanol–water partition coefficient (Wildman–Crippen LogP) is 2.74. The molecule has 1 N–H and O–H groups in total. The van der Waals surface area contributed by atoms with Crippen LogP contribution in [0.1, 0.15) is 26.3 Å². The minimum absolute atomic E-state index is 0.0189. The molecule has 0 bridgehead atoms. The van der Waals surface area contributed by atoms with Gasteiger partial charge in [0.15, 0.2) is 0 Å². The van der Waals surface area contributed by atoms with E-state index in [1.807, 2.05) is 5.43 Å². The molecular formula is C17H20ClN3O6. The number of esters is 1. The van der Waals surface area contributed by atoms with E-state index in [1.54, 1.807) is 26.8 Å². The third-order valence-corrected chi connectivity index (χ3v) is 3.45. The van der Waals surface area contributed by atoms with Crippen molar-refractivity contribution in [3.8, 4) is 6.07 Å². The number of carbonyl (C=O) groups excluding carboxylic acids is 3. The van der Waals surface area contributed by atoms with Crippen molar-refractivity contribution >= 4 is 29.8 Å². The number of rotatable bonds is 3. The molecule has 1 rings (SSSR count). The fourth-order valence-electron chi connectivity index (χ4n) is 2.04. The Morgan fingerprint density at radius 1 is 1.11 bits per heavy atom. The van der Waals surface area contributed by atoms with Gasteiger partial charge in [0, 0.05) is 10.6 Å². The number of amides is 2. The number of halogens is 1. The van der Waals surface area contributed by atoms with Gasteiger partial charge in [0.1, 0.15) is 11.7 Å². The summed E-state index contributed by atoms with van der Waals surface area (Å²) in [7, 11) is 2.07. The molecule has 9 nitrogen and oxygen atoms in total. The number of hydrazine groups is 1. The first kappa shape index (κ1) is 22.1. The molecule has 27 heavy (non-hydrogen) atoms. The molecule has 0 fully saturated rings. The second kappa shape index (κ2) is 8.60. The smallest absolute Gasteiger partial charge is 0.430 e. The van der Waals surface area contributed by atoms with Crippen LogP contribution in [-0.4, -0.2) is 43.0 Å². The maximum absolute atomic E-state index is 13.0. The molecule has 1 atom stereocenters. The van der Waals surface area contributed by atoms with Crippen LogP contribution in [0.2, 0.25) is 5.02 Å². The summed E-state index contributed by atoms with van der Waals surface area (Å²) in [6.07, 6.45) is -2.29. The van der Waals surface area contributed by atoms with E-state index in [0.717, 1.165) is 14.2 Å². The quantitative estimate of drug-likeness (QED) is 0.473. The molecular weight excluding hydrogens is 378 g/mol. The van der Waals surface area contributed by atoms with Crippen molar-refractivity contribution in [2.75, 3.05) is 14.2 Å². The average molecular weight is 398 g/mol. The van der Waals surface area contributed by atoms with E-state index in [9.17, 15) is 19.6 Å². The molecule has 0 radical (unpaired) electrons. The molecule has 0 spiro atoms. The van der Waals surface area contributed by atoms with Crippen LogP contribution in [0.5, 0.6) is 0 Å². The van der Waals surface area contributed by atoms with E-state index < -0.39 is 29.3 Å². The van der Waals surface area contributed by atoms with Gasteiger partial charge >= 0.3 is 18.2 Å². The summed E-state index contributed by atoms with van der Waals surface area (Å²) in [4.78, 5) is 37.1. The number of nitriles is 1. The number of benzene rings is 1. The average Bonchev–Trinajstić information content (AvgIpc) is 2.60. The molecule has 0 aliphatic rings. The van der Waals surface area contributed by atoms with Gasteiger partial charge in [-0.1, -0.05) is 23.7 Å². The Kier molecular flexibility index (Phi) is 7.02. The summed E-state index contributed by atoms with van der Waals surface area (Å²) in [5.41, 5.74) is -1.34. The van der Waals surface area contributed by atoms with Gasteiger partial charge in [0.2, 0.25) is 0 Å². The second-order valence-electron chi connectivity index (χ2n) is 6.24. The van der Waals surface area contributed by atoms with Gasteiger partial charge < -0.3 is 14.2 Å². The van der Waals surface area contributed by atoms with Crippen LogP contribution in [0.25, 0.3) is 0 Å². The number of carbonyl (C=O) groups is 3. The highest BCUT2D eigenvalue weighted by Gasteiger charge is 2.53. The van der Waals surface area contributed by atoms with Gasteiger partial charge in [-0.3, -0.25) is 0 Å². The van der Waals surface area contributed by atoms with Crippen molar-refractivity contribution in [2.45, 2.75) is 31.9 Å². The normalized spacial score (nSPS) is 12.8. The van der Waals surface area contributed by atoms with Gasteiger partial charge in [-0.15, -0.1) is 0 Å². The third-order valence-electron chi connectivity index (χ3n) is 3.20. The fourth-order valence-corrected chi connectivity index (χ4v) is 2.16. The first-order chi connectivity index (χ1) is 12.5. The molecule has 0 saturated heterocycles. The Labute approximate surface area is 161 Å². The lowest BCUT2D eigenvalue weighted by molar-refractivity contribution is -0.167. The van der Waals surface area contributed by atoms with E-state index in [-0.39, 0.29) is 5.56 Å². The van der Waals surface area contributed by atoms with E-state index in [1.165, 1.54) is 24.3 Å². The van der Waals surface area contributed by atoms with E-state index in [0.29, 0.717) is 10.0 Å². The summed E-state index contributed by atoms with van der Waals surface area (Å²) >= 11 is 5.87. The number of nitrogens with one attached hydrogen (secondary N) is 1. The number of methoxy groups -OCH3 is 2. The molecule has 0 aromatic heterocycles. The maximum atomic E-state index is 13.0. The number of hydrogen-bond donors (Lipinski definition) is 1. The third kappa shape index (κ3) is 5.01. The Hall–Kier alpha value is -2.99. The summed E-state index contributed by atoms with van der Waals surface area (Å²) in [5.74, 6) is -1.11. The van der Waals surface area contributed by atoms with E-state index in [2.05, 4.69) is 9.47 Å².